The van der Waals surface area contributed by atoms with E-state index in [0.717, 1.165) is 22.3 Å². The highest BCUT2D eigenvalue weighted by atomic mass is 79.9. The van der Waals surface area contributed by atoms with Gasteiger partial charge in [-0.1, -0.05) is 37.6 Å². The zero-order valence-corrected chi connectivity index (χ0v) is 10.7. The molecular formula is C13H13BrN2. The number of hydrogen-bond acceptors (Lipinski definition) is 2. The molecule has 0 saturated heterocycles. The van der Waals surface area contributed by atoms with Gasteiger partial charge >= 0.3 is 0 Å². The predicted molar refractivity (Wildman–Crippen MR) is 69.2 cm³/mol. The Bertz CT molecular complexity index is 466. The molecule has 0 amide bonds. The first-order chi connectivity index (χ1) is 7.79. The number of rotatable bonds is 3. The van der Waals surface area contributed by atoms with E-state index in [-0.39, 0.29) is 0 Å². The average molecular weight is 277 g/mol. The zero-order chi connectivity index (χ0) is 11.4. The molecule has 1 aromatic carbocycles. The molecule has 0 atom stereocenters. The van der Waals surface area contributed by atoms with Gasteiger partial charge < -0.3 is 0 Å². The summed E-state index contributed by atoms with van der Waals surface area (Å²) in [5, 5.41) is 0. The quantitative estimate of drug-likeness (QED) is 0.796. The Morgan fingerprint density at radius 3 is 2.50 bits per heavy atom. The molecule has 3 heteroatoms. The van der Waals surface area contributed by atoms with Gasteiger partial charge in [-0.3, -0.25) is 0 Å². The number of aromatic nitrogens is 2. The third-order valence-electron chi connectivity index (χ3n) is 2.42. The maximum atomic E-state index is 4.24. The van der Waals surface area contributed by atoms with Crippen molar-refractivity contribution in [3.05, 3.63) is 46.8 Å². The molecule has 0 fully saturated rings. The lowest BCUT2D eigenvalue weighted by molar-refractivity contribution is 0.922. The van der Waals surface area contributed by atoms with E-state index in [4.69, 9.17) is 0 Å². The minimum atomic E-state index is 0.815. The van der Waals surface area contributed by atoms with Crippen LogP contribution in [-0.2, 0) is 6.42 Å². The highest BCUT2D eigenvalue weighted by Crippen LogP contribution is 2.19. The summed E-state index contributed by atoms with van der Waals surface area (Å²) in [5.74, 6) is 0. The second kappa shape index (κ2) is 5.21. The summed E-state index contributed by atoms with van der Waals surface area (Å²) < 4.78 is 0.815. The molecule has 2 rings (SSSR count). The molecule has 1 aromatic heterocycles. The fraction of sp³-hybridized carbons (Fsp3) is 0.231. The molecule has 0 bridgehead atoms. The smallest absolute Gasteiger partial charge is 0.117 e. The van der Waals surface area contributed by atoms with E-state index in [1.54, 1.807) is 6.33 Å². The van der Waals surface area contributed by atoms with Gasteiger partial charge in [0.05, 0.1) is 5.69 Å². The lowest BCUT2D eigenvalue weighted by Crippen LogP contribution is -1.87. The lowest BCUT2D eigenvalue weighted by atomic mass is 10.1. The van der Waals surface area contributed by atoms with E-state index in [1.165, 1.54) is 12.0 Å². The fourth-order valence-corrected chi connectivity index (χ4v) is 1.93. The first kappa shape index (κ1) is 11.3. The van der Waals surface area contributed by atoms with Gasteiger partial charge in [-0.2, -0.15) is 0 Å². The molecule has 0 aliphatic carbocycles. The van der Waals surface area contributed by atoms with Crippen molar-refractivity contribution in [2.75, 3.05) is 0 Å². The topological polar surface area (TPSA) is 25.8 Å². The van der Waals surface area contributed by atoms with Gasteiger partial charge in [-0.05, 0) is 34.0 Å². The third-order valence-corrected chi connectivity index (χ3v) is 2.86. The summed E-state index contributed by atoms with van der Waals surface area (Å²) in [6.07, 6.45) is 3.88. The Morgan fingerprint density at radius 1 is 1.12 bits per heavy atom. The molecule has 0 saturated carbocycles. The number of halogens is 1. The molecule has 1 heterocycles. The lowest BCUT2D eigenvalue weighted by Gasteiger charge is -2.02. The molecule has 0 N–H and O–H groups in total. The van der Waals surface area contributed by atoms with Gasteiger partial charge in [-0.25, -0.2) is 9.97 Å². The van der Waals surface area contributed by atoms with Crippen LogP contribution in [0.4, 0.5) is 0 Å². The van der Waals surface area contributed by atoms with Gasteiger partial charge in [0.25, 0.3) is 0 Å². The van der Waals surface area contributed by atoms with E-state index in [9.17, 15) is 0 Å². The number of benzene rings is 1. The van der Waals surface area contributed by atoms with E-state index in [2.05, 4.69) is 57.1 Å². The highest BCUT2D eigenvalue weighted by Gasteiger charge is 2.00. The molecular weight excluding hydrogens is 264 g/mol. The molecule has 0 aliphatic rings. The van der Waals surface area contributed by atoms with Crippen molar-refractivity contribution in [3.8, 4) is 11.3 Å². The molecule has 82 valence electrons. The highest BCUT2D eigenvalue weighted by molar-refractivity contribution is 9.10. The standard InChI is InChI=1S/C13H13BrN2/c1-2-3-10-4-6-11(7-5-10)12-8-13(14)16-9-15-12/h4-9H,2-3H2,1H3. The van der Waals surface area contributed by atoms with Gasteiger partial charge in [0, 0.05) is 5.56 Å². The second-order valence-electron chi connectivity index (χ2n) is 3.67. The molecule has 0 aliphatic heterocycles. The van der Waals surface area contributed by atoms with Crippen molar-refractivity contribution in [2.24, 2.45) is 0 Å². The molecule has 16 heavy (non-hydrogen) atoms. The fourth-order valence-electron chi connectivity index (χ4n) is 1.62. The maximum absolute atomic E-state index is 4.24. The van der Waals surface area contributed by atoms with Crippen LogP contribution in [0.5, 0.6) is 0 Å². The Balaban J connectivity index is 2.27. The molecule has 2 aromatic rings. The number of nitrogens with zero attached hydrogens (tertiary/aromatic N) is 2. The Hall–Kier alpha value is -1.22. The predicted octanol–water partition coefficient (Wildman–Crippen LogP) is 3.86. The van der Waals surface area contributed by atoms with Crippen LogP contribution in [0, 0.1) is 0 Å². The van der Waals surface area contributed by atoms with Crippen LogP contribution >= 0.6 is 15.9 Å². The van der Waals surface area contributed by atoms with Crippen molar-refractivity contribution in [1.82, 2.24) is 9.97 Å². The Labute approximate surface area is 104 Å². The number of aryl methyl sites for hydroxylation is 1. The van der Waals surface area contributed by atoms with Crippen LogP contribution in [0.3, 0.4) is 0 Å². The van der Waals surface area contributed by atoms with E-state index in [0.29, 0.717) is 0 Å². The average Bonchev–Trinajstić information content (AvgIpc) is 2.30. The first-order valence-corrected chi connectivity index (χ1v) is 6.15. The van der Waals surface area contributed by atoms with Crippen LogP contribution < -0.4 is 0 Å². The largest absolute Gasteiger partial charge is 0.236 e. The molecule has 0 unspecified atom stereocenters. The van der Waals surface area contributed by atoms with E-state index >= 15 is 0 Å². The van der Waals surface area contributed by atoms with Crippen molar-refractivity contribution in [3.63, 3.8) is 0 Å². The molecule has 0 spiro atoms. The van der Waals surface area contributed by atoms with Gasteiger partial charge in [0.2, 0.25) is 0 Å². The van der Waals surface area contributed by atoms with E-state index < -0.39 is 0 Å². The van der Waals surface area contributed by atoms with Crippen LogP contribution in [-0.4, -0.2) is 9.97 Å². The minimum absolute atomic E-state index is 0.815. The van der Waals surface area contributed by atoms with Crippen LogP contribution in [0.25, 0.3) is 11.3 Å². The Morgan fingerprint density at radius 2 is 1.88 bits per heavy atom. The minimum Gasteiger partial charge on any atom is -0.236 e. The van der Waals surface area contributed by atoms with E-state index in [1.807, 2.05) is 6.07 Å². The van der Waals surface area contributed by atoms with Crippen LogP contribution in [0.1, 0.15) is 18.9 Å². The molecule has 0 radical (unpaired) electrons. The molecule has 2 nitrogen and oxygen atoms in total. The summed E-state index contributed by atoms with van der Waals surface area (Å²) in [7, 11) is 0. The van der Waals surface area contributed by atoms with Gasteiger partial charge in [0.1, 0.15) is 10.9 Å². The van der Waals surface area contributed by atoms with Crippen LogP contribution in [0.15, 0.2) is 41.3 Å². The zero-order valence-electron chi connectivity index (χ0n) is 9.15. The van der Waals surface area contributed by atoms with Gasteiger partial charge in [-0.15, -0.1) is 0 Å². The summed E-state index contributed by atoms with van der Waals surface area (Å²) in [5.41, 5.74) is 3.45. The van der Waals surface area contributed by atoms with Crippen LogP contribution in [0.2, 0.25) is 0 Å². The third kappa shape index (κ3) is 2.67. The van der Waals surface area contributed by atoms with Crippen molar-refractivity contribution in [2.45, 2.75) is 19.8 Å². The Kier molecular flexibility index (Phi) is 3.67. The van der Waals surface area contributed by atoms with Gasteiger partial charge in [0.15, 0.2) is 0 Å². The SMILES string of the molecule is CCCc1ccc(-c2cc(Br)ncn2)cc1. The normalized spacial score (nSPS) is 10.4. The summed E-state index contributed by atoms with van der Waals surface area (Å²) in [4.78, 5) is 8.26. The van der Waals surface area contributed by atoms with Crippen molar-refractivity contribution >= 4 is 15.9 Å². The van der Waals surface area contributed by atoms with Crippen molar-refractivity contribution < 1.29 is 0 Å². The monoisotopic (exact) mass is 276 g/mol. The first-order valence-electron chi connectivity index (χ1n) is 5.36. The summed E-state index contributed by atoms with van der Waals surface area (Å²) in [6, 6.07) is 10.5. The number of hydrogen-bond donors (Lipinski definition) is 0. The van der Waals surface area contributed by atoms with Crippen molar-refractivity contribution in [1.29, 1.82) is 0 Å². The second-order valence-corrected chi connectivity index (χ2v) is 4.49. The summed E-state index contributed by atoms with van der Waals surface area (Å²) >= 11 is 3.35. The summed E-state index contributed by atoms with van der Waals surface area (Å²) in [6.45, 7) is 2.19. The maximum Gasteiger partial charge on any atom is 0.117 e.